The largest absolute Gasteiger partial charge is 0.382 e. The number of amides is 1. The van der Waals surface area contributed by atoms with E-state index in [1.807, 2.05) is 6.07 Å². The highest BCUT2D eigenvalue weighted by Crippen LogP contribution is 2.27. The molecule has 1 fully saturated rings. The molecular weight excluding hydrogens is 737 g/mol. The summed E-state index contributed by atoms with van der Waals surface area (Å²) in [6.45, 7) is 8.34. The van der Waals surface area contributed by atoms with Gasteiger partial charge in [0.25, 0.3) is 0 Å². The van der Waals surface area contributed by atoms with Crippen LogP contribution in [0.25, 0.3) is 0 Å². The van der Waals surface area contributed by atoms with Crippen LogP contribution in [0, 0.1) is 0 Å². The summed E-state index contributed by atoms with van der Waals surface area (Å²) >= 11 is 12.2. The number of carbonyl (C=O) groups is 1. The number of likely N-dealkylation sites (N-methyl/N-ethyl adjacent to an activating group) is 1. The second-order valence-electron chi connectivity index (χ2n) is 12.1. The number of carbonyl (C=O) groups excluding carboxylic acids is 1. The van der Waals surface area contributed by atoms with E-state index in [-0.39, 0.29) is 36.4 Å². The van der Waals surface area contributed by atoms with E-state index < -0.39 is 10.0 Å². The molecule has 0 bridgehead atoms. The van der Waals surface area contributed by atoms with Gasteiger partial charge in [0, 0.05) is 27.2 Å². The lowest BCUT2D eigenvalue weighted by molar-refractivity contribution is -0.131. The van der Waals surface area contributed by atoms with Gasteiger partial charge in [-0.25, -0.2) is 13.1 Å². The van der Waals surface area contributed by atoms with E-state index in [1.54, 1.807) is 55.5 Å². The number of halogens is 2. The Labute approximate surface area is 319 Å². The third-order valence-corrected chi connectivity index (χ3v) is 10.4. The second kappa shape index (κ2) is 26.0. The molecule has 1 atom stereocenters. The predicted molar refractivity (Wildman–Crippen MR) is 200 cm³/mol. The van der Waals surface area contributed by atoms with Gasteiger partial charge in [0.05, 0.1) is 113 Å². The predicted octanol–water partition coefficient (Wildman–Crippen LogP) is 3.86. The minimum Gasteiger partial charge on any atom is -0.382 e. The molecule has 52 heavy (non-hydrogen) atoms. The molecule has 1 amide bonds. The Morgan fingerprint density at radius 2 is 1.31 bits per heavy atom. The first-order valence-corrected chi connectivity index (χ1v) is 19.9. The van der Waals surface area contributed by atoms with Crippen molar-refractivity contribution < 1.29 is 46.4 Å². The monoisotopic (exact) mass is 791 g/mol. The van der Waals surface area contributed by atoms with E-state index in [0.29, 0.717) is 95.9 Å². The number of benzene rings is 2. The quantitative estimate of drug-likeness (QED) is 0.121. The molecular formula is C36H55Cl2N3O10S. The van der Waals surface area contributed by atoms with Crippen LogP contribution in [-0.4, -0.2) is 150 Å². The zero-order valence-electron chi connectivity index (χ0n) is 30.4. The zero-order valence-corrected chi connectivity index (χ0v) is 32.7. The lowest BCUT2D eigenvalue weighted by Crippen LogP contribution is -2.39. The summed E-state index contributed by atoms with van der Waals surface area (Å²) in [5.74, 6) is -0.109. The molecule has 2 aromatic carbocycles. The summed E-state index contributed by atoms with van der Waals surface area (Å²) in [6.07, 6.45) is 2.33. The van der Waals surface area contributed by atoms with E-state index in [1.165, 1.54) is 0 Å². The summed E-state index contributed by atoms with van der Waals surface area (Å²) in [5.41, 5.74) is 1.49. The molecule has 0 aromatic heterocycles. The Bertz CT molecular complexity index is 1400. The number of rotatable bonds is 29. The van der Waals surface area contributed by atoms with Gasteiger partial charge < -0.3 is 43.0 Å². The first kappa shape index (κ1) is 44.5. The molecule has 0 spiro atoms. The minimum atomic E-state index is -3.82. The molecule has 1 heterocycles. The fraction of sp³-hybridized carbons (Fsp3) is 0.639. The molecule has 0 aliphatic carbocycles. The summed E-state index contributed by atoms with van der Waals surface area (Å²) in [7, 11) is -0.429. The molecule has 2 aromatic rings. The number of sulfonamides is 1. The number of nitrogens with zero attached hydrogens (tertiary/aromatic N) is 2. The molecule has 1 aliphatic heterocycles. The van der Waals surface area contributed by atoms with Crippen LogP contribution < -0.4 is 4.72 Å². The van der Waals surface area contributed by atoms with Crippen LogP contribution >= 0.6 is 23.2 Å². The van der Waals surface area contributed by atoms with E-state index in [2.05, 4.69) is 9.62 Å². The maximum absolute atomic E-state index is 13.4. The van der Waals surface area contributed by atoms with Crippen LogP contribution in [0.5, 0.6) is 0 Å². The Morgan fingerprint density at radius 3 is 1.85 bits per heavy atom. The summed E-state index contributed by atoms with van der Waals surface area (Å²) in [6, 6.07) is 11.6. The van der Waals surface area contributed by atoms with Crippen molar-refractivity contribution >= 4 is 39.1 Å². The average molecular weight is 793 g/mol. The van der Waals surface area contributed by atoms with E-state index >= 15 is 0 Å². The van der Waals surface area contributed by atoms with Gasteiger partial charge in [-0.1, -0.05) is 41.4 Å². The van der Waals surface area contributed by atoms with Crippen LogP contribution in [0.3, 0.4) is 0 Å². The van der Waals surface area contributed by atoms with E-state index in [4.69, 9.17) is 56.4 Å². The van der Waals surface area contributed by atoms with Gasteiger partial charge in [0.1, 0.15) is 0 Å². The van der Waals surface area contributed by atoms with Crippen LogP contribution in [0.2, 0.25) is 10.0 Å². The topological polar surface area (TPSA) is 134 Å². The maximum atomic E-state index is 13.4. The van der Waals surface area contributed by atoms with Gasteiger partial charge in [0.15, 0.2) is 0 Å². The van der Waals surface area contributed by atoms with Crippen LogP contribution in [0.15, 0.2) is 47.4 Å². The Balaban J connectivity index is 1.32. The first-order valence-electron chi connectivity index (χ1n) is 17.7. The number of methoxy groups -OCH3 is 1. The molecule has 0 unspecified atom stereocenters. The number of hydrogen-bond acceptors (Lipinski definition) is 11. The molecule has 1 saturated heterocycles. The Hall–Kier alpha value is -1.92. The van der Waals surface area contributed by atoms with Crippen LogP contribution in [-0.2, 0) is 54.4 Å². The number of hydrogen-bond donors (Lipinski definition) is 1. The fourth-order valence-corrected chi connectivity index (χ4v) is 6.74. The van der Waals surface area contributed by atoms with E-state index in [9.17, 15) is 13.2 Å². The lowest BCUT2D eigenvalue weighted by Gasteiger charge is -2.32. The summed E-state index contributed by atoms with van der Waals surface area (Å²) in [5, 5.41) is 0.818. The van der Waals surface area contributed by atoms with Crippen molar-refractivity contribution in [3.05, 3.63) is 63.6 Å². The van der Waals surface area contributed by atoms with Gasteiger partial charge in [-0.05, 0) is 61.3 Å². The van der Waals surface area contributed by atoms with Crippen molar-refractivity contribution in [3.8, 4) is 0 Å². The van der Waals surface area contributed by atoms with Gasteiger partial charge in [-0.3, -0.25) is 4.79 Å². The molecule has 1 aliphatic rings. The Kier molecular flexibility index (Phi) is 22.2. The third-order valence-electron chi connectivity index (χ3n) is 8.21. The minimum absolute atomic E-state index is 0.0993. The van der Waals surface area contributed by atoms with Gasteiger partial charge in [-0.15, -0.1) is 0 Å². The number of nitrogens with one attached hydrogen (secondary N) is 1. The van der Waals surface area contributed by atoms with Crippen molar-refractivity contribution in [2.24, 2.45) is 0 Å². The molecule has 13 nitrogen and oxygen atoms in total. The average Bonchev–Trinajstić information content (AvgIpc) is 3.66. The van der Waals surface area contributed by atoms with Gasteiger partial charge >= 0.3 is 0 Å². The van der Waals surface area contributed by atoms with Crippen LogP contribution in [0.4, 0.5) is 0 Å². The second-order valence-corrected chi connectivity index (χ2v) is 14.7. The van der Waals surface area contributed by atoms with Gasteiger partial charge in [0.2, 0.25) is 15.9 Å². The number of ether oxygens (including phenoxy) is 7. The number of likely N-dealkylation sites (tertiary alicyclic amines) is 1. The highest BCUT2D eigenvalue weighted by molar-refractivity contribution is 7.89. The van der Waals surface area contributed by atoms with Crippen LogP contribution in [0.1, 0.15) is 30.0 Å². The van der Waals surface area contributed by atoms with Gasteiger partial charge in [-0.2, -0.15) is 0 Å². The molecule has 16 heteroatoms. The maximum Gasteiger partial charge on any atom is 0.240 e. The van der Waals surface area contributed by atoms with Crippen molar-refractivity contribution in [1.29, 1.82) is 0 Å². The molecule has 1 N–H and O–H groups in total. The van der Waals surface area contributed by atoms with Crippen molar-refractivity contribution in [3.63, 3.8) is 0 Å². The van der Waals surface area contributed by atoms with Crippen molar-refractivity contribution in [2.75, 3.05) is 126 Å². The summed E-state index contributed by atoms with van der Waals surface area (Å²) < 4.78 is 66.6. The standard InChI is InChI=1S/C36H55Cl2N3O10S/c1-40(36(42)27-30-8-9-33(37)34(38)26-30)35(29-41-11-3-4-12-41)31-6-5-7-32(28-31)52(43,44)39-10-13-46-16-17-48-20-21-50-24-25-51-23-22-49-19-18-47-15-14-45-2/h5-9,26,28,35,39H,3-4,10-25,27,29H2,1-2H3/t35-/m1/s1. The highest BCUT2D eigenvalue weighted by Gasteiger charge is 2.27. The SMILES string of the molecule is COCCOCCOCCOCCOCCOCCOCCNS(=O)(=O)c1cccc([C@@H](CN2CCCC2)N(C)C(=O)Cc2ccc(Cl)c(Cl)c2)c1. The van der Waals surface area contributed by atoms with Crippen molar-refractivity contribution in [1.82, 2.24) is 14.5 Å². The fourth-order valence-electron chi connectivity index (χ4n) is 5.35. The molecule has 3 rings (SSSR count). The normalized spacial score (nSPS) is 14.2. The summed E-state index contributed by atoms with van der Waals surface area (Å²) in [4.78, 5) is 17.6. The molecule has 294 valence electrons. The zero-order chi connectivity index (χ0) is 37.4. The lowest BCUT2D eigenvalue weighted by atomic mass is 10.0. The highest BCUT2D eigenvalue weighted by atomic mass is 35.5. The third kappa shape index (κ3) is 17.5. The Morgan fingerprint density at radius 1 is 0.769 bits per heavy atom. The van der Waals surface area contributed by atoms with E-state index in [0.717, 1.165) is 37.1 Å². The first-order chi connectivity index (χ1) is 25.2. The molecule has 0 radical (unpaired) electrons. The smallest absolute Gasteiger partial charge is 0.240 e. The molecule has 0 saturated carbocycles. The van der Waals surface area contributed by atoms with Crippen molar-refractivity contribution in [2.45, 2.75) is 30.2 Å².